The van der Waals surface area contributed by atoms with E-state index >= 15 is 0 Å². The molecule has 0 saturated carbocycles. The maximum Gasteiger partial charge on any atom is 0.134 e. The van der Waals surface area contributed by atoms with E-state index in [-0.39, 0.29) is 6.61 Å². The smallest absolute Gasteiger partial charge is 0.134 e. The van der Waals surface area contributed by atoms with Crippen LogP contribution in [0.4, 0.5) is 0 Å². The second kappa shape index (κ2) is 8.61. The predicted molar refractivity (Wildman–Crippen MR) is 79.3 cm³/mol. The second-order valence-corrected chi connectivity index (χ2v) is 5.16. The average molecular weight is 260 g/mol. The molecule has 0 aliphatic rings. The van der Waals surface area contributed by atoms with E-state index in [4.69, 9.17) is 9.84 Å². The molecule has 1 aromatic rings. The van der Waals surface area contributed by atoms with E-state index in [0.29, 0.717) is 12.3 Å². The van der Waals surface area contributed by atoms with Gasteiger partial charge in [-0.05, 0) is 43.4 Å². The maximum absolute atomic E-state index is 8.76. The van der Waals surface area contributed by atoms with E-state index in [0.717, 1.165) is 24.3 Å². The van der Waals surface area contributed by atoms with Gasteiger partial charge in [-0.25, -0.2) is 0 Å². The molecule has 0 bridgehead atoms. The molecule has 19 heavy (non-hydrogen) atoms. The van der Waals surface area contributed by atoms with Crippen molar-refractivity contribution < 1.29 is 9.84 Å². The van der Waals surface area contributed by atoms with Crippen molar-refractivity contribution in [2.24, 2.45) is 5.92 Å². The highest BCUT2D eigenvalue weighted by Gasteiger charge is 2.02. The van der Waals surface area contributed by atoms with Crippen LogP contribution in [0.3, 0.4) is 0 Å². The summed E-state index contributed by atoms with van der Waals surface area (Å²) in [6.07, 6.45) is 2.74. The Kier molecular flexibility index (Phi) is 7.07. The van der Waals surface area contributed by atoms with E-state index < -0.39 is 0 Å². The van der Waals surface area contributed by atoms with Crippen LogP contribution in [0, 0.1) is 24.7 Å². The molecule has 1 aromatic carbocycles. The lowest BCUT2D eigenvalue weighted by molar-refractivity contribution is 0.297. The van der Waals surface area contributed by atoms with Crippen molar-refractivity contribution in [1.29, 1.82) is 0 Å². The van der Waals surface area contributed by atoms with Gasteiger partial charge in [-0.3, -0.25) is 0 Å². The summed E-state index contributed by atoms with van der Waals surface area (Å²) in [5, 5.41) is 8.76. The Balaban J connectivity index is 2.64. The van der Waals surface area contributed by atoms with Crippen LogP contribution in [0.25, 0.3) is 0 Å². The SMILES string of the molecule is Cc1ccc(OCCCC(C)C)c(C#CCCO)c1. The summed E-state index contributed by atoms with van der Waals surface area (Å²) in [6, 6.07) is 6.05. The third-order valence-corrected chi connectivity index (χ3v) is 2.78. The third-order valence-electron chi connectivity index (χ3n) is 2.78. The first-order valence-corrected chi connectivity index (χ1v) is 6.96. The van der Waals surface area contributed by atoms with Crippen molar-refractivity contribution in [2.45, 2.75) is 40.0 Å². The zero-order valence-electron chi connectivity index (χ0n) is 12.2. The van der Waals surface area contributed by atoms with Gasteiger partial charge in [0.15, 0.2) is 0 Å². The molecule has 0 radical (unpaired) electrons. The Morgan fingerprint density at radius 2 is 2.11 bits per heavy atom. The van der Waals surface area contributed by atoms with Crippen LogP contribution in [0.2, 0.25) is 0 Å². The fourth-order valence-corrected chi connectivity index (χ4v) is 1.75. The first-order chi connectivity index (χ1) is 9.13. The Morgan fingerprint density at radius 1 is 1.32 bits per heavy atom. The van der Waals surface area contributed by atoms with Crippen LogP contribution in [-0.2, 0) is 0 Å². The summed E-state index contributed by atoms with van der Waals surface area (Å²) in [4.78, 5) is 0. The van der Waals surface area contributed by atoms with Crippen LogP contribution < -0.4 is 4.74 Å². The van der Waals surface area contributed by atoms with Gasteiger partial charge in [0, 0.05) is 6.42 Å². The van der Waals surface area contributed by atoms with Crippen LogP contribution in [0.15, 0.2) is 18.2 Å². The number of hydrogen-bond acceptors (Lipinski definition) is 2. The molecule has 1 rings (SSSR count). The molecule has 0 aliphatic carbocycles. The monoisotopic (exact) mass is 260 g/mol. The molecule has 0 aromatic heterocycles. The lowest BCUT2D eigenvalue weighted by Crippen LogP contribution is -2.01. The van der Waals surface area contributed by atoms with Crippen molar-refractivity contribution >= 4 is 0 Å². The summed E-state index contributed by atoms with van der Waals surface area (Å²) in [5.74, 6) is 7.58. The van der Waals surface area contributed by atoms with Gasteiger partial charge in [-0.15, -0.1) is 0 Å². The molecule has 104 valence electrons. The van der Waals surface area contributed by atoms with Crippen molar-refractivity contribution in [3.05, 3.63) is 29.3 Å². The Hall–Kier alpha value is -1.46. The minimum absolute atomic E-state index is 0.101. The van der Waals surface area contributed by atoms with E-state index in [1.807, 2.05) is 25.1 Å². The fourth-order valence-electron chi connectivity index (χ4n) is 1.75. The highest BCUT2D eigenvalue weighted by atomic mass is 16.5. The lowest BCUT2D eigenvalue weighted by atomic mass is 10.1. The summed E-state index contributed by atoms with van der Waals surface area (Å²) in [5.41, 5.74) is 2.08. The molecule has 0 unspecified atom stereocenters. The molecule has 0 spiro atoms. The zero-order valence-corrected chi connectivity index (χ0v) is 12.2. The number of hydrogen-bond donors (Lipinski definition) is 1. The number of benzene rings is 1. The van der Waals surface area contributed by atoms with Gasteiger partial charge in [-0.2, -0.15) is 0 Å². The number of rotatable bonds is 6. The Bertz CT molecular complexity index is 438. The summed E-state index contributed by atoms with van der Waals surface area (Å²) < 4.78 is 5.81. The normalized spacial score (nSPS) is 10.2. The number of ether oxygens (including phenoxy) is 1. The van der Waals surface area contributed by atoms with Gasteiger partial charge < -0.3 is 9.84 Å². The summed E-state index contributed by atoms with van der Waals surface area (Å²) >= 11 is 0. The predicted octanol–water partition coefficient (Wildman–Crippen LogP) is 3.54. The summed E-state index contributed by atoms with van der Waals surface area (Å²) in [7, 11) is 0. The lowest BCUT2D eigenvalue weighted by Gasteiger charge is -2.10. The average Bonchev–Trinajstić information content (AvgIpc) is 2.36. The molecular formula is C17H24O2. The standard InChI is InChI=1S/C17H24O2/c1-14(2)7-6-12-19-17-10-9-15(3)13-16(17)8-4-5-11-18/h9-10,13-14,18H,5-7,11-12H2,1-3H3. The third kappa shape index (κ3) is 6.31. The number of aliphatic hydroxyl groups excluding tert-OH is 1. The molecule has 0 heterocycles. The highest BCUT2D eigenvalue weighted by Crippen LogP contribution is 2.19. The van der Waals surface area contributed by atoms with Gasteiger partial charge in [0.2, 0.25) is 0 Å². The van der Waals surface area contributed by atoms with Crippen molar-refractivity contribution in [3.63, 3.8) is 0 Å². The topological polar surface area (TPSA) is 29.5 Å². The second-order valence-electron chi connectivity index (χ2n) is 5.16. The van der Waals surface area contributed by atoms with Crippen molar-refractivity contribution in [2.75, 3.05) is 13.2 Å². The fraction of sp³-hybridized carbons (Fsp3) is 0.529. The first-order valence-electron chi connectivity index (χ1n) is 6.96. The Morgan fingerprint density at radius 3 is 2.79 bits per heavy atom. The minimum Gasteiger partial charge on any atom is -0.492 e. The quantitative estimate of drug-likeness (QED) is 0.626. The Labute approximate surface area is 116 Å². The van der Waals surface area contributed by atoms with Gasteiger partial charge in [0.1, 0.15) is 5.75 Å². The number of aryl methyl sites for hydroxylation is 1. The first kappa shape index (κ1) is 15.6. The van der Waals surface area contributed by atoms with Gasteiger partial charge in [0.25, 0.3) is 0 Å². The molecule has 0 amide bonds. The maximum atomic E-state index is 8.76. The van der Waals surface area contributed by atoms with Crippen LogP contribution in [-0.4, -0.2) is 18.3 Å². The molecule has 2 heteroatoms. The molecule has 0 saturated heterocycles. The van der Waals surface area contributed by atoms with E-state index in [1.54, 1.807) is 0 Å². The van der Waals surface area contributed by atoms with Gasteiger partial charge in [-0.1, -0.05) is 31.8 Å². The molecule has 0 fully saturated rings. The number of aliphatic hydroxyl groups is 1. The van der Waals surface area contributed by atoms with Crippen LogP contribution in [0.5, 0.6) is 5.75 Å². The highest BCUT2D eigenvalue weighted by molar-refractivity contribution is 5.48. The molecule has 0 atom stereocenters. The van der Waals surface area contributed by atoms with Crippen molar-refractivity contribution in [3.8, 4) is 17.6 Å². The molecule has 1 N–H and O–H groups in total. The molecular weight excluding hydrogens is 236 g/mol. The van der Waals surface area contributed by atoms with Crippen LogP contribution in [0.1, 0.15) is 44.2 Å². The minimum atomic E-state index is 0.101. The van der Waals surface area contributed by atoms with E-state index in [9.17, 15) is 0 Å². The molecule has 2 nitrogen and oxygen atoms in total. The van der Waals surface area contributed by atoms with E-state index in [2.05, 4.69) is 25.7 Å². The zero-order chi connectivity index (χ0) is 14.1. The van der Waals surface area contributed by atoms with E-state index in [1.165, 1.54) is 12.0 Å². The van der Waals surface area contributed by atoms with Crippen LogP contribution >= 0.6 is 0 Å². The van der Waals surface area contributed by atoms with Gasteiger partial charge in [0.05, 0.1) is 18.8 Å². The van der Waals surface area contributed by atoms with Gasteiger partial charge >= 0.3 is 0 Å². The molecule has 0 aliphatic heterocycles. The summed E-state index contributed by atoms with van der Waals surface area (Å²) in [6.45, 7) is 7.31. The van der Waals surface area contributed by atoms with Crippen molar-refractivity contribution in [1.82, 2.24) is 0 Å². The largest absolute Gasteiger partial charge is 0.492 e.